The van der Waals surface area contributed by atoms with Gasteiger partial charge in [0.15, 0.2) is 9.84 Å². The van der Waals surface area contributed by atoms with Crippen molar-refractivity contribution >= 4 is 21.4 Å². The van der Waals surface area contributed by atoms with Gasteiger partial charge in [0.25, 0.3) is 0 Å². The van der Waals surface area contributed by atoms with Crippen molar-refractivity contribution in [3.05, 3.63) is 0 Å². The lowest BCUT2D eigenvalue weighted by atomic mass is 10.2. The normalized spacial score (nSPS) is 11.9. The maximum atomic E-state index is 11.1. The third-order valence-electron chi connectivity index (χ3n) is 2.27. The van der Waals surface area contributed by atoms with Gasteiger partial charge in [-0.3, -0.25) is 0 Å². The Hall–Kier alpha value is 0.200. The number of nitrogens with one attached hydrogen (secondary N) is 1. The smallest absolute Gasteiger partial charge is 0.151 e. The first kappa shape index (κ1) is 15.2. The van der Waals surface area contributed by atoms with E-state index in [9.17, 15) is 8.42 Å². The number of unbranched alkanes of at least 4 members (excludes halogenated alkanes) is 3. The van der Waals surface area contributed by atoms with E-state index in [1.807, 2.05) is 0 Å². The van der Waals surface area contributed by atoms with E-state index < -0.39 is 9.84 Å². The summed E-state index contributed by atoms with van der Waals surface area (Å²) >= 11 is 5.55. The number of rotatable bonds is 10. The number of alkyl halides is 1. The lowest BCUT2D eigenvalue weighted by Crippen LogP contribution is -2.24. The summed E-state index contributed by atoms with van der Waals surface area (Å²) < 4.78 is 22.2. The van der Waals surface area contributed by atoms with Crippen LogP contribution < -0.4 is 5.32 Å². The van der Waals surface area contributed by atoms with Gasteiger partial charge in [-0.15, -0.1) is 11.6 Å². The highest BCUT2D eigenvalue weighted by Crippen LogP contribution is 1.99. The van der Waals surface area contributed by atoms with Gasteiger partial charge < -0.3 is 5.32 Å². The highest BCUT2D eigenvalue weighted by atomic mass is 35.5. The zero-order valence-corrected chi connectivity index (χ0v) is 11.0. The first-order valence-corrected chi connectivity index (χ1v) is 7.95. The first-order chi connectivity index (χ1) is 7.12. The Kier molecular flexibility index (Phi) is 9.55. The second-order valence-electron chi connectivity index (χ2n) is 3.59. The molecule has 0 rings (SSSR count). The molecule has 0 heterocycles. The van der Waals surface area contributed by atoms with Crippen LogP contribution in [0, 0.1) is 0 Å². The fraction of sp³-hybridized carbons (Fsp3) is 1.00. The van der Waals surface area contributed by atoms with Gasteiger partial charge in [-0.1, -0.05) is 19.8 Å². The van der Waals surface area contributed by atoms with E-state index in [1.165, 1.54) is 12.8 Å². The van der Waals surface area contributed by atoms with Crippen molar-refractivity contribution in [2.24, 2.45) is 0 Å². The Balaban J connectivity index is 3.19. The minimum absolute atomic E-state index is 0.240. The molecule has 0 fully saturated rings. The van der Waals surface area contributed by atoms with Crippen molar-refractivity contribution in [2.45, 2.75) is 32.6 Å². The molecule has 5 heteroatoms. The number of hydrogen-bond acceptors (Lipinski definition) is 3. The molecule has 0 saturated heterocycles. The first-order valence-electron chi connectivity index (χ1n) is 5.59. The number of hydrogen-bond donors (Lipinski definition) is 1. The van der Waals surface area contributed by atoms with E-state index in [2.05, 4.69) is 5.32 Å². The van der Waals surface area contributed by atoms with Gasteiger partial charge in [0, 0.05) is 18.2 Å². The van der Waals surface area contributed by atoms with Gasteiger partial charge in [0.2, 0.25) is 0 Å². The van der Waals surface area contributed by atoms with Gasteiger partial charge in [0.05, 0.1) is 5.75 Å². The van der Waals surface area contributed by atoms with Crippen LogP contribution in [0.15, 0.2) is 0 Å². The van der Waals surface area contributed by atoms with E-state index in [1.54, 1.807) is 6.92 Å². The van der Waals surface area contributed by atoms with Crippen LogP contribution in [-0.4, -0.2) is 38.9 Å². The summed E-state index contributed by atoms with van der Waals surface area (Å²) in [6, 6.07) is 0. The molecule has 3 nitrogen and oxygen atoms in total. The van der Waals surface area contributed by atoms with Crippen molar-refractivity contribution in [1.82, 2.24) is 5.32 Å². The average molecular weight is 256 g/mol. The molecule has 0 aliphatic rings. The predicted octanol–water partition coefficient (Wildman–Crippen LogP) is 1.81. The predicted molar refractivity (Wildman–Crippen MR) is 66.4 cm³/mol. The van der Waals surface area contributed by atoms with Crippen LogP contribution in [0.4, 0.5) is 0 Å². The van der Waals surface area contributed by atoms with Crippen LogP contribution >= 0.6 is 11.6 Å². The zero-order valence-electron chi connectivity index (χ0n) is 9.47. The molecule has 0 aromatic heterocycles. The summed E-state index contributed by atoms with van der Waals surface area (Å²) in [5.74, 6) is 1.23. The summed E-state index contributed by atoms with van der Waals surface area (Å²) in [5.41, 5.74) is 0. The van der Waals surface area contributed by atoms with Crippen LogP contribution in [0.25, 0.3) is 0 Å². The minimum atomic E-state index is -2.80. The molecule has 0 bridgehead atoms. The van der Waals surface area contributed by atoms with Crippen LogP contribution in [0.5, 0.6) is 0 Å². The molecule has 0 amide bonds. The lowest BCUT2D eigenvalue weighted by Gasteiger charge is -2.04. The van der Waals surface area contributed by atoms with E-state index in [4.69, 9.17) is 11.6 Å². The summed E-state index contributed by atoms with van der Waals surface area (Å²) in [6.45, 7) is 3.16. The molecule has 0 atom stereocenters. The average Bonchev–Trinajstić information content (AvgIpc) is 2.22. The molecule has 0 aliphatic carbocycles. The third-order valence-corrected chi connectivity index (χ3v) is 4.24. The molecule has 92 valence electrons. The maximum absolute atomic E-state index is 11.1. The molecule has 0 aromatic rings. The van der Waals surface area contributed by atoms with Crippen molar-refractivity contribution < 1.29 is 8.42 Å². The SMILES string of the molecule is CCS(=O)(=O)CCNCCCCCCCl. The minimum Gasteiger partial charge on any atom is -0.316 e. The summed E-state index contributed by atoms with van der Waals surface area (Å²) in [5, 5.41) is 3.14. The molecule has 0 radical (unpaired) electrons. The molecule has 0 aromatic carbocycles. The Morgan fingerprint density at radius 3 is 2.33 bits per heavy atom. The van der Waals surface area contributed by atoms with E-state index in [0.717, 1.165) is 25.3 Å². The molecule has 0 aliphatic heterocycles. The van der Waals surface area contributed by atoms with Gasteiger partial charge in [-0.2, -0.15) is 0 Å². The fourth-order valence-corrected chi connectivity index (χ4v) is 2.13. The highest BCUT2D eigenvalue weighted by Gasteiger charge is 2.05. The fourth-order valence-electron chi connectivity index (χ4n) is 1.20. The Labute approximate surface area is 98.5 Å². The van der Waals surface area contributed by atoms with Crippen molar-refractivity contribution in [1.29, 1.82) is 0 Å². The molecule has 1 N–H and O–H groups in total. The van der Waals surface area contributed by atoms with Gasteiger partial charge >= 0.3 is 0 Å². The number of sulfone groups is 1. The van der Waals surface area contributed by atoms with E-state index in [-0.39, 0.29) is 11.5 Å². The molecule has 0 unspecified atom stereocenters. The zero-order chi connectivity index (χ0) is 11.6. The molecule has 0 spiro atoms. The summed E-state index contributed by atoms with van der Waals surface area (Å²) in [6.07, 6.45) is 4.51. The number of halogens is 1. The maximum Gasteiger partial charge on any atom is 0.151 e. The van der Waals surface area contributed by atoms with Gasteiger partial charge in [-0.25, -0.2) is 8.42 Å². The molecular formula is C10H22ClNO2S. The molecule has 0 saturated carbocycles. The van der Waals surface area contributed by atoms with Gasteiger partial charge in [-0.05, 0) is 19.4 Å². The molecule has 15 heavy (non-hydrogen) atoms. The van der Waals surface area contributed by atoms with E-state index in [0.29, 0.717) is 6.54 Å². The second-order valence-corrected chi connectivity index (χ2v) is 6.44. The Morgan fingerprint density at radius 1 is 1.07 bits per heavy atom. The van der Waals surface area contributed by atoms with Crippen LogP contribution in [0.3, 0.4) is 0 Å². The summed E-state index contributed by atoms with van der Waals surface area (Å²) in [4.78, 5) is 0. The van der Waals surface area contributed by atoms with E-state index >= 15 is 0 Å². The van der Waals surface area contributed by atoms with Crippen LogP contribution in [0.2, 0.25) is 0 Å². The van der Waals surface area contributed by atoms with Crippen molar-refractivity contribution in [3.63, 3.8) is 0 Å². The second kappa shape index (κ2) is 9.43. The Bertz CT molecular complexity index is 230. The molecular weight excluding hydrogens is 234 g/mol. The van der Waals surface area contributed by atoms with Crippen LogP contribution in [-0.2, 0) is 9.84 Å². The largest absolute Gasteiger partial charge is 0.316 e. The lowest BCUT2D eigenvalue weighted by molar-refractivity contribution is 0.584. The highest BCUT2D eigenvalue weighted by molar-refractivity contribution is 7.91. The van der Waals surface area contributed by atoms with Crippen molar-refractivity contribution in [3.8, 4) is 0 Å². The quantitative estimate of drug-likeness (QED) is 0.478. The van der Waals surface area contributed by atoms with Crippen LogP contribution in [0.1, 0.15) is 32.6 Å². The summed E-state index contributed by atoms with van der Waals surface area (Å²) in [7, 11) is -2.80. The monoisotopic (exact) mass is 255 g/mol. The van der Waals surface area contributed by atoms with Crippen molar-refractivity contribution in [2.75, 3.05) is 30.5 Å². The van der Waals surface area contributed by atoms with Gasteiger partial charge in [0.1, 0.15) is 0 Å². The standard InChI is InChI=1S/C10H22ClNO2S/c1-2-15(13,14)10-9-12-8-6-4-3-5-7-11/h12H,2-10H2,1H3. The topological polar surface area (TPSA) is 46.2 Å². The third kappa shape index (κ3) is 10.5. The Morgan fingerprint density at radius 2 is 1.73 bits per heavy atom.